The van der Waals surface area contributed by atoms with Crippen molar-refractivity contribution in [1.82, 2.24) is 5.32 Å². The number of hydrogen-bond donors (Lipinski definition) is 1. The number of imide groups is 1. The van der Waals surface area contributed by atoms with Gasteiger partial charge in [-0.25, -0.2) is 0 Å². The largest absolute Gasteiger partial charge is 0.496 e. The molecule has 8 heteroatoms. The molecule has 0 unspecified atom stereocenters. The summed E-state index contributed by atoms with van der Waals surface area (Å²) in [6.07, 6.45) is -0.253. The van der Waals surface area contributed by atoms with Crippen LogP contribution in [0.1, 0.15) is 33.6 Å². The topological polar surface area (TPSA) is 98.8 Å². The van der Waals surface area contributed by atoms with Gasteiger partial charge in [0.1, 0.15) is 5.75 Å². The maximum Gasteiger partial charge on any atom is 0.306 e. The van der Waals surface area contributed by atoms with Crippen molar-refractivity contribution in [2.24, 2.45) is 0 Å². The molecule has 2 aromatic carbocycles. The van der Waals surface area contributed by atoms with Crippen LogP contribution in [0.4, 0.5) is 0 Å². The SMILES string of the molecule is COc1ccccc1C(=O)NC(=O)COC(=O)CCC(=O)c1ccc(Cl)cc1. The van der Waals surface area contributed by atoms with E-state index in [-0.39, 0.29) is 24.2 Å². The molecule has 0 saturated carbocycles. The van der Waals surface area contributed by atoms with Gasteiger partial charge in [-0.3, -0.25) is 24.5 Å². The molecule has 0 spiro atoms. The van der Waals surface area contributed by atoms with E-state index < -0.39 is 24.4 Å². The van der Waals surface area contributed by atoms with Crippen LogP contribution in [0.5, 0.6) is 5.75 Å². The lowest BCUT2D eigenvalue weighted by Gasteiger charge is -2.08. The van der Waals surface area contributed by atoms with Gasteiger partial charge in [0.05, 0.1) is 19.1 Å². The normalized spacial score (nSPS) is 10.1. The summed E-state index contributed by atoms with van der Waals surface area (Å²) < 4.78 is 9.84. The molecule has 0 atom stereocenters. The molecule has 2 amide bonds. The standard InChI is InChI=1S/C20H18ClNO6/c1-27-17-5-3-2-4-15(17)20(26)22-18(24)12-28-19(25)11-10-16(23)13-6-8-14(21)9-7-13/h2-9H,10-12H2,1H3,(H,22,24,26). The number of methoxy groups -OCH3 is 1. The molecular formula is C20H18ClNO6. The zero-order valence-electron chi connectivity index (χ0n) is 15.1. The predicted molar refractivity (Wildman–Crippen MR) is 101 cm³/mol. The van der Waals surface area contributed by atoms with Crippen molar-refractivity contribution in [2.45, 2.75) is 12.8 Å². The quantitative estimate of drug-likeness (QED) is 0.537. The highest BCUT2D eigenvalue weighted by Crippen LogP contribution is 2.16. The number of benzene rings is 2. The third-order valence-electron chi connectivity index (χ3n) is 3.69. The van der Waals surface area contributed by atoms with Crippen LogP contribution in [-0.2, 0) is 14.3 Å². The van der Waals surface area contributed by atoms with Crippen LogP contribution in [0.15, 0.2) is 48.5 Å². The summed E-state index contributed by atoms with van der Waals surface area (Å²) in [5, 5.41) is 2.61. The molecule has 0 aliphatic heterocycles. The maximum atomic E-state index is 12.1. The van der Waals surface area contributed by atoms with E-state index in [4.69, 9.17) is 21.1 Å². The molecule has 0 aromatic heterocycles. The van der Waals surface area contributed by atoms with Crippen molar-refractivity contribution >= 4 is 35.2 Å². The Bertz CT molecular complexity index is 879. The number of ketones is 1. The number of rotatable bonds is 8. The number of ether oxygens (including phenoxy) is 2. The number of carbonyl (C=O) groups excluding carboxylic acids is 4. The van der Waals surface area contributed by atoms with E-state index in [2.05, 4.69) is 5.32 Å². The fourth-order valence-corrected chi connectivity index (χ4v) is 2.40. The summed E-state index contributed by atoms with van der Waals surface area (Å²) in [5.41, 5.74) is 0.607. The van der Waals surface area contributed by atoms with Crippen LogP contribution in [0.2, 0.25) is 5.02 Å². The predicted octanol–water partition coefficient (Wildman–Crippen LogP) is 2.81. The van der Waals surface area contributed by atoms with Crippen molar-refractivity contribution in [3.05, 3.63) is 64.7 Å². The van der Waals surface area contributed by atoms with Crippen LogP contribution < -0.4 is 10.1 Å². The van der Waals surface area contributed by atoms with Crippen molar-refractivity contribution in [2.75, 3.05) is 13.7 Å². The van der Waals surface area contributed by atoms with Crippen LogP contribution in [0.3, 0.4) is 0 Å². The third kappa shape index (κ3) is 6.21. The molecule has 0 saturated heterocycles. The molecule has 2 aromatic rings. The van der Waals surface area contributed by atoms with E-state index in [1.807, 2.05) is 0 Å². The maximum absolute atomic E-state index is 12.1. The summed E-state index contributed by atoms with van der Waals surface area (Å²) in [6, 6.07) is 12.7. The summed E-state index contributed by atoms with van der Waals surface area (Å²) in [6.45, 7) is -0.630. The van der Waals surface area contributed by atoms with Gasteiger partial charge in [-0.15, -0.1) is 0 Å². The van der Waals surface area contributed by atoms with Gasteiger partial charge in [0.25, 0.3) is 11.8 Å². The van der Waals surface area contributed by atoms with E-state index in [0.717, 1.165) is 0 Å². The van der Waals surface area contributed by atoms with E-state index in [1.54, 1.807) is 42.5 Å². The van der Waals surface area contributed by atoms with Crippen molar-refractivity contribution in [3.63, 3.8) is 0 Å². The molecule has 0 aliphatic carbocycles. The Morgan fingerprint density at radius 3 is 2.32 bits per heavy atom. The first-order valence-electron chi connectivity index (χ1n) is 8.32. The molecule has 146 valence electrons. The van der Waals surface area contributed by atoms with Crippen molar-refractivity contribution in [1.29, 1.82) is 0 Å². The number of carbonyl (C=O) groups is 4. The zero-order chi connectivity index (χ0) is 20.5. The van der Waals surface area contributed by atoms with E-state index in [0.29, 0.717) is 16.3 Å². The second-order valence-corrected chi connectivity index (χ2v) is 6.10. The van der Waals surface area contributed by atoms with Gasteiger partial charge in [-0.2, -0.15) is 0 Å². The molecule has 7 nitrogen and oxygen atoms in total. The van der Waals surface area contributed by atoms with E-state index >= 15 is 0 Å². The molecule has 0 radical (unpaired) electrons. The van der Waals surface area contributed by atoms with E-state index in [1.165, 1.54) is 13.2 Å². The highest BCUT2D eigenvalue weighted by Gasteiger charge is 2.16. The minimum absolute atomic E-state index is 0.0672. The number of hydrogen-bond acceptors (Lipinski definition) is 6. The highest BCUT2D eigenvalue weighted by molar-refractivity contribution is 6.30. The fourth-order valence-electron chi connectivity index (χ4n) is 2.28. The van der Waals surface area contributed by atoms with Gasteiger partial charge in [0.2, 0.25) is 0 Å². The molecule has 0 bridgehead atoms. The highest BCUT2D eigenvalue weighted by atomic mass is 35.5. The van der Waals surface area contributed by atoms with Crippen LogP contribution in [-0.4, -0.2) is 37.3 Å². The van der Waals surface area contributed by atoms with Crippen LogP contribution in [0.25, 0.3) is 0 Å². The van der Waals surface area contributed by atoms with Gasteiger partial charge in [0.15, 0.2) is 12.4 Å². The number of esters is 1. The average Bonchev–Trinajstić information content (AvgIpc) is 2.70. The fraction of sp³-hybridized carbons (Fsp3) is 0.200. The summed E-state index contributed by atoms with van der Waals surface area (Å²) in [7, 11) is 1.40. The molecule has 2 rings (SSSR count). The van der Waals surface area contributed by atoms with Gasteiger partial charge in [0, 0.05) is 17.0 Å². The average molecular weight is 404 g/mol. The second kappa shape index (κ2) is 10.2. The minimum Gasteiger partial charge on any atom is -0.496 e. The van der Waals surface area contributed by atoms with Crippen LogP contribution >= 0.6 is 11.6 Å². The van der Waals surface area contributed by atoms with Gasteiger partial charge < -0.3 is 9.47 Å². The lowest BCUT2D eigenvalue weighted by Crippen LogP contribution is -2.34. The first kappa shape index (κ1) is 21.1. The lowest BCUT2D eigenvalue weighted by atomic mass is 10.1. The van der Waals surface area contributed by atoms with Gasteiger partial charge >= 0.3 is 5.97 Å². The number of para-hydroxylation sites is 1. The Balaban J connectivity index is 1.76. The van der Waals surface area contributed by atoms with E-state index in [9.17, 15) is 19.2 Å². The Morgan fingerprint density at radius 1 is 0.964 bits per heavy atom. The monoisotopic (exact) mass is 403 g/mol. The molecule has 0 heterocycles. The van der Waals surface area contributed by atoms with Gasteiger partial charge in [-0.05, 0) is 36.4 Å². The Kier molecular flexibility index (Phi) is 7.71. The summed E-state index contributed by atoms with van der Waals surface area (Å²) in [5.74, 6) is -2.11. The minimum atomic E-state index is -0.784. The Morgan fingerprint density at radius 2 is 1.64 bits per heavy atom. The molecule has 0 aliphatic rings. The summed E-state index contributed by atoms with van der Waals surface area (Å²) in [4.78, 5) is 47.5. The Hall–Kier alpha value is -3.19. The van der Waals surface area contributed by atoms with Crippen molar-refractivity contribution < 1.29 is 28.7 Å². The molecule has 0 fully saturated rings. The summed E-state index contributed by atoms with van der Waals surface area (Å²) >= 11 is 5.75. The number of Topliss-reactive ketones (excluding diaryl/α,β-unsaturated/α-hetero) is 1. The number of amides is 2. The molecule has 28 heavy (non-hydrogen) atoms. The zero-order valence-corrected chi connectivity index (χ0v) is 15.8. The third-order valence-corrected chi connectivity index (χ3v) is 3.94. The molecular weight excluding hydrogens is 386 g/mol. The first-order chi connectivity index (χ1) is 13.4. The molecule has 1 N–H and O–H groups in total. The van der Waals surface area contributed by atoms with Crippen molar-refractivity contribution in [3.8, 4) is 5.75 Å². The number of halogens is 1. The number of nitrogens with one attached hydrogen (secondary N) is 1. The second-order valence-electron chi connectivity index (χ2n) is 5.67. The van der Waals surface area contributed by atoms with Crippen LogP contribution in [0, 0.1) is 0 Å². The smallest absolute Gasteiger partial charge is 0.306 e. The van der Waals surface area contributed by atoms with Gasteiger partial charge in [-0.1, -0.05) is 23.7 Å². The Labute approximate surface area is 166 Å². The lowest BCUT2D eigenvalue weighted by molar-refractivity contribution is -0.148. The first-order valence-corrected chi connectivity index (χ1v) is 8.70.